The smallest absolute Gasteiger partial charge is 0.326 e. The topological polar surface area (TPSA) is 95.5 Å². The fourth-order valence-electron chi connectivity index (χ4n) is 2.68. The third-order valence-corrected chi connectivity index (χ3v) is 4.41. The van der Waals surface area contributed by atoms with Crippen molar-refractivity contribution in [2.45, 2.75) is 31.8 Å². The first kappa shape index (κ1) is 20.6. The van der Waals surface area contributed by atoms with Crippen LogP contribution in [0.15, 0.2) is 59.1 Å². The number of aliphatic carboxylic acids is 1. The minimum absolute atomic E-state index is 0.138. The van der Waals surface area contributed by atoms with Crippen LogP contribution in [0.3, 0.4) is 0 Å². The SMILES string of the molecule is CC(=O)N[C@@H](Cc1ccccc1)C(=O)N[C@@H](Cc1cccc(Br)c1)C(=O)O. The second-order valence-electron chi connectivity index (χ2n) is 6.18. The van der Waals surface area contributed by atoms with Crippen molar-refractivity contribution < 1.29 is 19.5 Å². The molecule has 0 aliphatic rings. The van der Waals surface area contributed by atoms with Crippen molar-refractivity contribution in [3.05, 3.63) is 70.2 Å². The van der Waals surface area contributed by atoms with Gasteiger partial charge < -0.3 is 15.7 Å². The van der Waals surface area contributed by atoms with Gasteiger partial charge in [0.25, 0.3) is 0 Å². The van der Waals surface area contributed by atoms with Crippen LogP contribution in [0.25, 0.3) is 0 Å². The van der Waals surface area contributed by atoms with Crippen LogP contribution in [0.5, 0.6) is 0 Å². The molecule has 2 atom stereocenters. The van der Waals surface area contributed by atoms with E-state index in [2.05, 4.69) is 26.6 Å². The molecule has 0 spiro atoms. The fraction of sp³-hybridized carbons (Fsp3) is 0.250. The van der Waals surface area contributed by atoms with Gasteiger partial charge in [-0.2, -0.15) is 0 Å². The Balaban J connectivity index is 2.11. The Bertz CT molecular complexity index is 811. The molecule has 0 aliphatic carbocycles. The van der Waals surface area contributed by atoms with E-state index in [0.717, 1.165) is 15.6 Å². The molecule has 0 bridgehead atoms. The summed E-state index contributed by atoms with van der Waals surface area (Å²) < 4.78 is 0.829. The van der Waals surface area contributed by atoms with Gasteiger partial charge in [0.15, 0.2) is 0 Å². The molecule has 2 aromatic carbocycles. The highest BCUT2D eigenvalue weighted by Gasteiger charge is 2.26. The summed E-state index contributed by atoms with van der Waals surface area (Å²) in [7, 11) is 0. The molecular formula is C20H21BrN2O4. The van der Waals surface area contributed by atoms with E-state index in [1.165, 1.54) is 6.92 Å². The Labute approximate surface area is 166 Å². The van der Waals surface area contributed by atoms with Gasteiger partial charge in [0, 0.05) is 24.2 Å². The second kappa shape index (κ2) is 9.87. The molecule has 2 amide bonds. The first-order valence-corrected chi connectivity index (χ1v) is 9.23. The van der Waals surface area contributed by atoms with Crippen molar-refractivity contribution in [3.8, 4) is 0 Å². The summed E-state index contributed by atoms with van der Waals surface area (Å²) in [5.41, 5.74) is 1.64. The monoisotopic (exact) mass is 432 g/mol. The van der Waals surface area contributed by atoms with Gasteiger partial charge in [-0.15, -0.1) is 0 Å². The molecule has 2 rings (SSSR count). The molecule has 0 saturated carbocycles. The summed E-state index contributed by atoms with van der Waals surface area (Å²) in [4.78, 5) is 35.8. The van der Waals surface area contributed by atoms with Crippen LogP contribution in [0.2, 0.25) is 0 Å². The highest BCUT2D eigenvalue weighted by molar-refractivity contribution is 9.10. The Morgan fingerprint density at radius 3 is 2.15 bits per heavy atom. The first-order chi connectivity index (χ1) is 12.8. The predicted octanol–water partition coefficient (Wildman–Crippen LogP) is 2.31. The summed E-state index contributed by atoms with van der Waals surface area (Å²) in [6.45, 7) is 1.32. The maximum Gasteiger partial charge on any atom is 0.326 e. The van der Waals surface area contributed by atoms with E-state index < -0.39 is 24.0 Å². The van der Waals surface area contributed by atoms with E-state index in [0.29, 0.717) is 0 Å². The quantitative estimate of drug-likeness (QED) is 0.596. The lowest BCUT2D eigenvalue weighted by Gasteiger charge is -2.21. The van der Waals surface area contributed by atoms with Crippen LogP contribution in [-0.4, -0.2) is 35.0 Å². The zero-order valence-corrected chi connectivity index (χ0v) is 16.4. The first-order valence-electron chi connectivity index (χ1n) is 8.44. The molecule has 3 N–H and O–H groups in total. The number of carbonyl (C=O) groups excluding carboxylic acids is 2. The van der Waals surface area contributed by atoms with E-state index in [1.807, 2.05) is 36.4 Å². The largest absolute Gasteiger partial charge is 0.480 e. The van der Waals surface area contributed by atoms with Gasteiger partial charge in [-0.05, 0) is 23.3 Å². The van der Waals surface area contributed by atoms with Crippen LogP contribution in [0.1, 0.15) is 18.1 Å². The highest BCUT2D eigenvalue weighted by Crippen LogP contribution is 2.13. The average Bonchev–Trinajstić information content (AvgIpc) is 2.61. The molecule has 142 valence electrons. The number of nitrogens with one attached hydrogen (secondary N) is 2. The molecular weight excluding hydrogens is 412 g/mol. The third-order valence-electron chi connectivity index (χ3n) is 3.92. The van der Waals surface area contributed by atoms with E-state index in [4.69, 9.17) is 0 Å². The number of amides is 2. The minimum Gasteiger partial charge on any atom is -0.480 e. The number of hydrogen-bond acceptors (Lipinski definition) is 3. The summed E-state index contributed by atoms with van der Waals surface area (Å²) in [6.07, 6.45) is 0.411. The number of hydrogen-bond donors (Lipinski definition) is 3. The number of halogens is 1. The van der Waals surface area contributed by atoms with E-state index in [-0.39, 0.29) is 18.7 Å². The lowest BCUT2D eigenvalue weighted by atomic mass is 10.0. The van der Waals surface area contributed by atoms with Gasteiger partial charge in [0.2, 0.25) is 11.8 Å². The molecule has 0 heterocycles. The molecule has 0 unspecified atom stereocenters. The van der Waals surface area contributed by atoms with E-state index in [1.54, 1.807) is 18.2 Å². The standard InChI is InChI=1S/C20H21BrN2O4/c1-13(24)22-17(11-14-6-3-2-4-7-14)19(25)23-18(20(26)27)12-15-8-5-9-16(21)10-15/h2-10,17-18H,11-12H2,1H3,(H,22,24)(H,23,25)(H,26,27)/t17-,18-/m0/s1. The van der Waals surface area contributed by atoms with Crippen LogP contribution in [0.4, 0.5) is 0 Å². The van der Waals surface area contributed by atoms with Gasteiger partial charge in [0.1, 0.15) is 12.1 Å². The molecule has 0 radical (unpaired) electrons. The summed E-state index contributed by atoms with van der Waals surface area (Å²) in [5, 5.41) is 14.6. The van der Waals surface area contributed by atoms with Crippen molar-refractivity contribution in [2.75, 3.05) is 0 Å². The van der Waals surface area contributed by atoms with Gasteiger partial charge in [-0.1, -0.05) is 58.4 Å². The average molecular weight is 433 g/mol. The number of benzene rings is 2. The molecule has 0 aliphatic heterocycles. The Morgan fingerprint density at radius 1 is 0.926 bits per heavy atom. The number of carboxylic acid groups (broad SMARTS) is 1. The Morgan fingerprint density at radius 2 is 1.56 bits per heavy atom. The van der Waals surface area contributed by atoms with Crippen molar-refractivity contribution in [2.24, 2.45) is 0 Å². The number of rotatable bonds is 8. The van der Waals surface area contributed by atoms with Gasteiger partial charge in [-0.3, -0.25) is 9.59 Å². The van der Waals surface area contributed by atoms with Crippen LogP contribution in [0, 0.1) is 0 Å². The Hall–Kier alpha value is -2.67. The van der Waals surface area contributed by atoms with E-state index >= 15 is 0 Å². The molecule has 27 heavy (non-hydrogen) atoms. The third kappa shape index (κ3) is 6.86. The minimum atomic E-state index is -1.13. The maximum absolute atomic E-state index is 12.7. The van der Waals surface area contributed by atoms with Crippen molar-refractivity contribution >= 4 is 33.7 Å². The highest BCUT2D eigenvalue weighted by atomic mass is 79.9. The molecule has 0 saturated heterocycles. The van der Waals surface area contributed by atoms with Gasteiger partial charge in [-0.25, -0.2) is 4.79 Å². The van der Waals surface area contributed by atoms with Crippen LogP contribution >= 0.6 is 15.9 Å². The van der Waals surface area contributed by atoms with Crippen molar-refractivity contribution in [1.82, 2.24) is 10.6 Å². The second-order valence-corrected chi connectivity index (χ2v) is 7.09. The zero-order chi connectivity index (χ0) is 19.8. The predicted molar refractivity (Wildman–Crippen MR) is 105 cm³/mol. The molecule has 0 fully saturated rings. The zero-order valence-electron chi connectivity index (χ0n) is 14.8. The fourth-order valence-corrected chi connectivity index (χ4v) is 3.12. The molecule has 6 nitrogen and oxygen atoms in total. The summed E-state index contributed by atoms with van der Waals surface area (Å²) in [6, 6.07) is 14.5. The lowest BCUT2D eigenvalue weighted by molar-refractivity contribution is -0.142. The number of carboxylic acids is 1. The molecule has 7 heteroatoms. The normalized spacial score (nSPS) is 12.7. The van der Waals surface area contributed by atoms with Crippen molar-refractivity contribution in [1.29, 1.82) is 0 Å². The van der Waals surface area contributed by atoms with Crippen LogP contribution < -0.4 is 10.6 Å². The molecule has 0 aromatic heterocycles. The Kier molecular flexibility index (Phi) is 7.55. The van der Waals surface area contributed by atoms with Crippen molar-refractivity contribution in [3.63, 3.8) is 0 Å². The molecule has 2 aromatic rings. The maximum atomic E-state index is 12.7. The summed E-state index contributed by atoms with van der Waals surface area (Å²) >= 11 is 3.35. The van der Waals surface area contributed by atoms with Gasteiger partial charge >= 0.3 is 5.97 Å². The van der Waals surface area contributed by atoms with Crippen LogP contribution in [-0.2, 0) is 27.2 Å². The summed E-state index contributed by atoms with van der Waals surface area (Å²) in [5.74, 6) is -2.02. The number of carbonyl (C=O) groups is 3. The van der Waals surface area contributed by atoms with E-state index in [9.17, 15) is 19.5 Å². The lowest BCUT2D eigenvalue weighted by Crippen LogP contribution is -2.52. The van der Waals surface area contributed by atoms with Gasteiger partial charge in [0.05, 0.1) is 0 Å².